The van der Waals surface area contributed by atoms with Crippen LogP contribution in [-0.4, -0.2) is 11.4 Å². The molecule has 0 atom stereocenters. The second-order valence-electron chi connectivity index (χ2n) is 3.01. The molecule has 0 saturated heterocycles. The second-order valence-corrected chi connectivity index (χ2v) is 3.01. The summed E-state index contributed by atoms with van der Waals surface area (Å²) in [5.74, 6) is 0. The zero-order valence-electron chi connectivity index (χ0n) is 7.13. The summed E-state index contributed by atoms with van der Waals surface area (Å²) in [4.78, 5) is 2.17. The van der Waals surface area contributed by atoms with Gasteiger partial charge in [0.1, 0.15) is 0 Å². The summed E-state index contributed by atoms with van der Waals surface area (Å²) in [7, 11) is 0. The van der Waals surface area contributed by atoms with Crippen molar-refractivity contribution in [2.24, 2.45) is 0 Å². The molecular weight excluding hydrogens is 134 g/mol. The molecule has 0 saturated carbocycles. The van der Waals surface area contributed by atoms with E-state index in [0.29, 0.717) is 0 Å². The maximum absolute atomic E-state index is 3.76. The fourth-order valence-electron chi connectivity index (χ4n) is 1.35. The highest BCUT2D eigenvalue weighted by atomic mass is 15.1. The Morgan fingerprint density at radius 2 is 2.00 bits per heavy atom. The van der Waals surface area contributed by atoms with E-state index in [9.17, 15) is 0 Å². The Balaban J connectivity index is 2.37. The summed E-state index contributed by atoms with van der Waals surface area (Å²) >= 11 is 0. The molecule has 1 rings (SSSR count). The molecule has 1 aliphatic heterocycles. The van der Waals surface area contributed by atoms with Gasteiger partial charge in [-0.2, -0.15) is 0 Å². The molecule has 1 aliphatic rings. The van der Waals surface area contributed by atoms with Crippen LogP contribution < -0.4 is 0 Å². The first-order valence-electron chi connectivity index (χ1n) is 4.48. The Hall–Kier alpha value is -0.720. The first-order valence-corrected chi connectivity index (χ1v) is 4.48. The number of allylic oxidation sites excluding steroid dienone is 1. The van der Waals surface area contributed by atoms with Gasteiger partial charge in [0.2, 0.25) is 0 Å². The monoisotopic (exact) mass is 151 g/mol. The van der Waals surface area contributed by atoms with Gasteiger partial charge in [0.15, 0.2) is 0 Å². The van der Waals surface area contributed by atoms with Crippen LogP contribution in [0, 0.1) is 0 Å². The van der Waals surface area contributed by atoms with E-state index in [2.05, 4.69) is 23.8 Å². The third-order valence-corrected chi connectivity index (χ3v) is 2.07. The first-order chi connectivity index (χ1) is 5.43. The van der Waals surface area contributed by atoms with Crippen molar-refractivity contribution >= 4 is 0 Å². The Bertz CT molecular complexity index is 138. The Morgan fingerprint density at radius 3 is 2.82 bits per heavy atom. The largest absolute Gasteiger partial charge is 0.355 e. The molecule has 1 heteroatoms. The van der Waals surface area contributed by atoms with Gasteiger partial charge >= 0.3 is 0 Å². The third-order valence-electron chi connectivity index (χ3n) is 2.07. The van der Waals surface area contributed by atoms with E-state index in [0.717, 1.165) is 6.54 Å². The van der Waals surface area contributed by atoms with E-state index in [1.165, 1.54) is 32.1 Å². The van der Waals surface area contributed by atoms with Crippen LogP contribution >= 0.6 is 0 Å². The molecule has 0 aliphatic carbocycles. The van der Waals surface area contributed by atoms with Crippen molar-refractivity contribution in [3.05, 3.63) is 25.1 Å². The maximum Gasteiger partial charge on any atom is 0.0219 e. The van der Waals surface area contributed by atoms with E-state index in [1.807, 2.05) is 6.20 Å². The lowest BCUT2D eigenvalue weighted by Crippen LogP contribution is -2.09. The quantitative estimate of drug-likeness (QED) is 0.557. The van der Waals surface area contributed by atoms with Gasteiger partial charge < -0.3 is 4.90 Å². The van der Waals surface area contributed by atoms with Gasteiger partial charge in [-0.3, -0.25) is 0 Å². The van der Waals surface area contributed by atoms with Gasteiger partial charge in [0.05, 0.1) is 0 Å². The van der Waals surface area contributed by atoms with Crippen molar-refractivity contribution in [2.45, 2.75) is 32.1 Å². The van der Waals surface area contributed by atoms with Gasteiger partial charge in [0, 0.05) is 6.54 Å². The average Bonchev–Trinajstić information content (AvgIpc) is 2.16. The number of rotatable bonds is 1. The van der Waals surface area contributed by atoms with E-state index in [1.54, 1.807) is 0 Å². The molecule has 1 heterocycles. The van der Waals surface area contributed by atoms with Crippen LogP contribution in [-0.2, 0) is 0 Å². The molecule has 0 spiro atoms. The van der Waals surface area contributed by atoms with Crippen molar-refractivity contribution < 1.29 is 0 Å². The molecule has 0 unspecified atom stereocenters. The number of hydrogen-bond acceptors (Lipinski definition) is 1. The fourth-order valence-corrected chi connectivity index (χ4v) is 1.35. The summed E-state index contributed by atoms with van der Waals surface area (Å²) in [5, 5.41) is 0. The lowest BCUT2D eigenvalue weighted by Gasteiger charge is -2.12. The van der Waals surface area contributed by atoms with Crippen LogP contribution in [0.5, 0.6) is 0 Å². The van der Waals surface area contributed by atoms with Crippen molar-refractivity contribution in [2.75, 3.05) is 6.54 Å². The standard InChI is InChI=1S/C10H17N/c1-2-11-9-7-5-3-4-6-8-10-11/h2,7,9H,1,3-6,8,10H2/b9-7-. The number of hydrogen-bond donors (Lipinski definition) is 0. The maximum atomic E-state index is 3.76. The van der Waals surface area contributed by atoms with Gasteiger partial charge in [-0.05, 0) is 31.7 Å². The summed E-state index contributed by atoms with van der Waals surface area (Å²) < 4.78 is 0. The third kappa shape index (κ3) is 3.26. The second kappa shape index (κ2) is 5.00. The lowest BCUT2D eigenvalue weighted by atomic mass is 10.1. The molecule has 0 aromatic carbocycles. The smallest absolute Gasteiger partial charge is 0.0219 e. The Labute approximate surface area is 69.4 Å². The van der Waals surface area contributed by atoms with Crippen LogP contribution in [0.2, 0.25) is 0 Å². The molecule has 0 bridgehead atoms. The number of nitrogens with zero attached hydrogens (tertiary/aromatic N) is 1. The molecule has 11 heavy (non-hydrogen) atoms. The fraction of sp³-hybridized carbons (Fsp3) is 0.600. The summed E-state index contributed by atoms with van der Waals surface area (Å²) in [6.07, 6.45) is 12.9. The summed E-state index contributed by atoms with van der Waals surface area (Å²) in [6, 6.07) is 0. The van der Waals surface area contributed by atoms with E-state index in [4.69, 9.17) is 0 Å². The molecule has 62 valence electrons. The first kappa shape index (κ1) is 8.38. The van der Waals surface area contributed by atoms with Crippen molar-refractivity contribution in [3.8, 4) is 0 Å². The Morgan fingerprint density at radius 1 is 1.18 bits per heavy atom. The molecule has 1 nitrogen and oxygen atoms in total. The SMILES string of the molecule is C=CN1/C=C\CCCCCC1. The van der Waals surface area contributed by atoms with Crippen molar-refractivity contribution in [1.29, 1.82) is 0 Å². The normalized spacial score (nSPS) is 23.1. The van der Waals surface area contributed by atoms with Crippen LogP contribution in [0.3, 0.4) is 0 Å². The lowest BCUT2D eigenvalue weighted by molar-refractivity contribution is 0.478. The molecule has 0 aromatic rings. The molecule has 0 fully saturated rings. The highest BCUT2D eigenvalue weighted by Gasteiger charge is 1.96. The topological polar surface area (TPSA) is 3.24 Å². The van der Waals surface area contributed by atoms with Crippen molar-refractivity contribution in [1.82, 2.24) is 4.90 Å². The highest BCUT2D eigenvalue weighted by Crippen LogP contribution is 2.08. The van der Waals surface area contributed by atoms with E-state index in [-0.39, 0.29) is 0 Å². The van der Waals surface area contributed by atoms with Crippen LogP contribution in [0.4, 0.5) is 0 Å². The summed E-state index contributed by atoms with van der Waals surface area (Å²) in [5.41, 5.74) is 0. The van der Waals surface area contributed by atoms with E-state index < -0.39 is 0 Å². The zero-order chi connectivity index (χ0) is 7.94. The zero-order valence-corrected chi connectivity index (χ0v) is 7.13. The Kier molecular flexibility index (Phi) is 3.81. The van der Waals surface area contributed by atoms with Crippen LogP contribution in [0.15, 0.2) is 25.1 Å². The molecule has 0 aromatic heterocycles. The summed E-state index contributed by atoms with van der Waals surface area (Å²) in [6.45, 7) is 4.90. The molecular formula is C10H17N. The highest BCUT2D eigenvalue weighted by molar-refractivity contribution is 4.88. The molecule has 0 radical (unpaired) electrons. The predicted molar refractivity (Wildman–Crippen MR) is 49.1 cm³/mol. The molecule has 0 N–H and O–H groups in total. The minimum atomic E-state index is 1.14. The average molecular weight is 151 g/mol. The van der Waals surface area contributed by atoms with E-state index >= 15 is 0 Å². The van der Waals surface area contributed by atoms with Crippen LogP contribution in [0.1, 0.15) is 32.1 Å². The van der Waals surface area contributed by atoms with Gasteiger partial charge in [-0.1, -0.05) is 25.5 Å². The van der Waals surface area contributed by atoms with Gasteiger partial charge in [0.25, 0.3) is 0 Å². The predicted octanol–water partition coefficient (Wildman–Crippen LogP) is 2.91. The van der Waals surface area contributed by atoms with Crippen molar-refractivity contribution in [3.63, 3.8) is 0 Å². The minimum absolute atomic E-state index is 1.14. The van der Waals surface area contributed by atoms with Crippen LogP contribution in [0.25, 0.3) is 0 Å². The van der Waals surface area contributed by atoms with Gasteiger partial charge in [-0.15, -0.1) is 0 Å². The van der Waals surface area contributed by atoms with Gasteiger partial charge in [-0.25, -0.2) is 0 Å². The minimum Gasteiger partial charge on any atom is -0.355 e. The molecule has 0 amide bonds.